The van der Waals surface area contributed by atoms with E-state index in [2.05, 4.69) is 9.47 Å². The second kappa shape index (κ2) is 13.6. The molecule has 0 spiro atoms. The number of aliphatic hydroxyl groups is 2. The van der Waals surface area contributed by atoms with Gasteiger partial charge in [0.2, 0.25) is 0 Å². The van der Waals surface area contributed by atoms with Crippen LogP contribution in [-0.4, -0.2) is 70.8 Å². The average molecular weight is 661 g/mol. The zero-order chi connectivity index (χ0) is 34.7. The van der Waals surface area contributed by atoms with E-state index in [1.807, 2.05) is 0 Å². The molecule has 0 amide bonds. The van der Waals surface area contributed by atoms with Crippen molar-refractivity contribution in [2.24, 2.45) is 16.7 Å². The van der Waals surface area contributed by atoms with Gasteiger partial charge in [0.25, 0.3) is 11.2 Å². The molecule has 2 N–H and O–H groups in total. The summed E-state index contributed by atoms with van der Waals surface area (Å²) in [6.07, 6.45) is -25.5. The summed E-state index contributed by atoms with van der Waals surface area (Å²) in [5, 5.41) is 18.4. The van der Waals surface area contributed by atoms with Crippen molar-refractivity contribution >= 4 is 11.9 Å². The number of halogens is 12. The topological polar surface area (TPSA) is 93.1 Å². The Hall–Kier alpha value is -1.98. The summed E-state index contributed by atoms with van der Waals surface area (Å²) in [4.78, 5) is 23.4. The number of carbonyl (C=O) groups is 2. The maximum atomic E-state index is 13.2. The van der Waals surface area contributed by atoms with Crippen molar-refractivity contribution in [3.05, 3.63) is 0 Å². The molecule has 43 heavy (non-hydrogen) atoms. The highest BCUT2D eigenvalue weighted by atomic mass is 19.4. The van der Waals surface area contributed by atoms with Gasteiger partial charge in [-0.3, -0.25) is 9.59 Å². The molecule has 6 nitrogen and oxygen atoms in total. The summed E-state index contributed by atoms with van der Waals surface area (Å²) in [6.45, 7) is 6.18. The van der Waals surface area contributed by atoms with E-state index in [1.54, 1.807) is 6.92 Å². The monoisotopic (exact) mass is 660 g/mol. The van der Waals surface area contributed by atoms with E-state index in [0.717, 1.165) is 0 Å². The third kappa shape index (κ3) is 9.26. The van der Waals surface area contributed by atoms with Crippen LogP contribution in [0.2, 0.25) is 0 Å². The number of esters is 2. The standard InChI is InChI=1S/C15H22F6O3.C10H14F6O3/c1-4-12(2,3)11(22)24-10(9-7-5-6-8-9)13(23,14(16,17)18)15(19,20)21;1-4-7(2,3)6(17)19-5-8(18,9(11,12)13)10(14,15)16/h9-10,23H,4-8H2,1-3H3;18H,4-5H2,1-3H3. The first-order valence-electron chi connectivity index (χ1n) is 13.0. The fourth-order valence-corrected chi connectivity index (χ4v) is 3.52. The summed E-state index contributed by atoms with van der Waals surface area (Å²) >= 11 is 0. The SMILES string of the molecule is CCC(C)(C)C(=O)OC(C1CCCC1)C(O)(C(F)(F)F)C(F)(F)F.CCC(C)(C)C(=O)OCC(O)(C(F)(F)F)C(F)(F)F. The van der Waals surface area contributed by atoms with Crippen molar-refractivity contribution < 1.29 is 82.0 Å². The van der Waals surface area contributed by atoms with Crippen molar-refractivity contribution in [1.29, 1.82) is 0 Å². The molecule has 1 unspecified atom stereocenters. The van der Waals surface area contributed by atoms with Gasteiger partial charge in [0.05, 0.1) is 10.8 Å². The Balaban J connectivity index is 0.000000846. The van der Waals surface area contributed by atoms with Crippen LogP contribution in [0.1, 0.15) is 80.1 Å². The number of carbonyl (C=O) groups excluding carboxylic acids is 2. The lowest BCUT2D eigenvalue weighted by Gasteiger charge is -2.41. The molecule has 0 bridgehead atoms. The molecule has 18 heteroatoms. The zero-order valence-electron chi connectivity index (χ0n) is 24.2. The van der Waals surface area contributed by atoms with Crippen LogP contribution >= 0.6 is 0 Å². The van der Waals surface area contributed by atoms with Gasteiger partial charge in [0.15, 0.2) is 6.10 Å². The van der Waals surface area contributed by atoms with E-state index in [1.165, 1.54) is 34.6 Å². The molecular weight excluding hydrogens is 624 g/mol. The maximum absolute atomic E-state index is 13.2. The van der Waals surface area contributed by atoms with Crippen LogP contribution in [0.25, 0.3) is 0 Å². The van der Waals surface area contributed by atoms with Crippen LogP contribution in [0.3, 0.4) is 0 Å². The summed E-state index contributed by atoms with van der Waals surface area (Å²) in [6, 6.07) is 0. The highest BCUT2D eigenvalue weighted by molar-refractivity contribution is 5.76. The fraction of sp³-hybridized carbons (Fsp3) is 0.920. The van der Waals surface area contributed by atoms with Crippen LogP contribution in [0.15, 0.2) is 0 Å². The van der Waals surface area contributed by atoms with Crippen molar-refractivity contribution in [3.63, 3.8) is 0 Å². The van der Waals surface area contributed by atoms with Gasteiger partial charge < -0.3 is 19.7 Å². The molecular formula is C25H36F12O6. The second-order valence-electron chi connectivity index (χ2n) is 11.5. The van der Waals surface area contributed by atoms with Gasteiger partial charge in [-0.2, -0.15) is 52.7 Å². The van der Waals surface area contributed by atoms with E-state index in [4.69, 9.17) is 5.11 Å². The molecule has 1 aliphatic rings. The van der Waals surface area contributed by atoms with E-state index in [-0.39, 0.29) is 25.7 Å². The maximum Gasteiger partial charge on any atom is 0.430 e. The predicted molar refractivity (Wildman–Crippen MR) is 125 cm³/mol. The van der Waals surface area contributed by atoms with Crippen molar-refractivity contribution in [2.75, 3.05) is 6.61 Å². The lowest BCUT2D eigenvalue weighted by molar-refractivity contribution is -0.396. The van der Waals surface area contributed by atoms with Gasteiger partial charge in [-0.25, -0.2) is 0 Å². The van der Waals surface area contributed by atoms with Gasteiger partial charge in [0.1, 0.15) is 6.61 Å². The Bertz CT molecular complexity index is 901. The van der Waals surface area contributed by atoms with Gasteiger partial charge >= 0.3 is 36.6 Å². The largest absolute Gasteiger partial charge is 0.461 e. The molecule has 0 heterocycles. The molecule has 256 valence electrons. The number of hydrogen-bond donors (Lipinski definition) is 2. The summed E-state index contributed by atoms with van der Waals surface area (Å²) in [5.74, 6) is -3.63. The van der Waals surface area contributed by atoms with Crippen LogP contribution in [0.4, 0.5) is 52.7 Å². The molecule has 1 atom stereocenters. The van der Waals surface area contributed by atoms with Crippen LogP contribution in [0.5, 0.6) is 0 Å². The molecule has 0 aromatic heterocycles. The minimum Gasteiger partial charge on any atom is -0.461 e. The van der Waals surface area contributed by atoms with Crippen molar-refractivity contribution in [2.45, 2.75) is 122 Å². The van der Waals surface area contributed by atoms with Gasteiger partial charge in [0, 0.05) is 0 Å². The number of alkyl halides is 12. The minimum absolute atomic E-state index is 0.0268. The fourth-order valence-electron chi connectivity index (χ4n) is 3.52. The van der Waals surface area contributed by atoms with Crippen molar-refractivity contribution in [1.82, 2.24) is 0 Å². The van der Waals surface area contributed by atoms with E-state index in [9.17, 15) is 67.4 Å². The smallest absolute Gasteiger partial charge is 0.430 e. The minimum atomic E-state index is -6.02. The summed E-state index contributed by atoms with van der Waals surface area (Å²) in [5.41, 5.74) is -12.7. The third-order valence-electron chi connectivity index (χ3n) is 7.56. The van der Waals surface area contributed by atoms with E-state index in [0.29, 0.717) is 12.8 Å². The molecule has 1 fully saturated rings. The lowest BCUT2D eigenvalue weighted by atomic mass is 9.83. The summed E-state index contributed by atoms with van der Waals surface area (Å²) in [7, 11) is 0. The van der Waals surface area contributed by atoms with E-state index >= 15 is 0 Å². The normalized spacial score (nSPS) is 17.2. The van der Waals surface area contributed by atoms with Gasteiger partial charge in [-0.05, 0) is 59.3 Å². The lowest BCUT2D eigenvalue weighted by Crippen LogP contribution is -2.67. The first-order chi connectivity index (χ1) is 18.9. The van der Waals surface area contributed by atoms with Gasteiger partial charge in [-0.1, -0.05) is 26.7 Å². The summed E-state index contributed by atoms with van der Waals surface area (Å²) < 4.78 is 161. The third-order valence-corrected chi connectivity index (χ3v) is 7.56. The quantitative estimate of drug-likeness (QED) is 0.201. The molecule has 0 aliphatic heterocycles. The Kier molecular flexibility index (Phi) is 12.9. The first kappa shape index (κ1) is 41.0. The molecule has 0 saturated heterocycles. The molecule has 0 aromatic carbocycles. The van der Waals surface area contributed by atoms with Crippen LogP contribution < -0.4 is 0 Å². The average Bonchev–Trinajstić information content (AvgIpc) is 3.37. The Morgan fingerprint density at radius 1 is 0.674 bits per heavy atom. The number of rotatable bonds is 9. The molecule has 1 rings (SSSR count). The Labute approximate surface area is 240 Å². The van der Waals surface area contributed by atoms with Gasteiger partial charge in [-0.15, -0.1) is 0 Å². The molecule has 0 radical (unpaired) electrons. The van der Waals surface area contributed by atoms with Crippen molar-refractivity contribution in [3.8, 4) is 0 Å². The van der Waals surface area contributed by atoms with Crippen LogP contribution in [-0.2, 0) is 19.1 Å². The first-order valence-corrected chi connectivity index (χ1v) is 13.0. The van der Waals surface area contributed by atoms with Crippen LogP contribution in [0, 0.1) is 16.7 Å². The number of hydrogen-bond acceptors (Lipinski definition) is 6. The Morgan fingerprint density at radius 3 is 1.33 bits per heavy atom. The highest BCUT2D eigenvalue weighted by Gasteiger charge is 2.76. The second-order valence-corrected chi connectivity index (χ2v) is 11.5. The molecule has 1 saturated carbocycles. The highest BCUT2D eigenvalue weighted by Crippen LogP contribution is 2.51. The zero-order valence-corrected chi connectivity index (χ0v) is 24.2. The molecule has 1 aliphatic carbocycles. The van der Waals surface area contributed by atoms with E-state index < -0.39 is 77.3 Å². The predicted octanol–water partition coefficient (Wildman–Crippen LogP) is 7.20. The number of ether oxygens (including phenoxy) is 2. The Morgan fingerprint density at radius 2 is 1.02 bits per heavy atom. The molecule has 0 aromatic rings.